The normalized spacial score (nSPS) is 12.3. The number of aromatic nitrogens is 1. The van der Waals surface area contributed by atoms with Crippen molar-refractivity contribution < 1.29 is 0 Å². The second kappa shape index (κ2) is 27.9. The Morgan fingerprint density at radius 3 is 0.782 bits per heavy atom. The van der Waals surface area contributed by atoms with Gasteiger partial charge in [0.1, 0.15) is 0 Å². The van der Waals surface area contributed by atoms with Gasteiger partial charge in [0.15, 0.2) is 16.1 Å². The van der Waals surface area contributed by atoms with Gasteiger partial charge in [-0.15, -0.1) is 0 Å². The number of hydrogen-bond donors (Lipinski definition) is 0. The lowest BCUT2D eigenvalue weighted by Gasteiger charge is -2.45. The molecule has 3 heterocycles. The summed E-state index contributed by atoms with van der Waals surface area (Å²) in [6, 6.07) is 169. The molecule has 110 heavy (non-hydrogen) atoms. The molecule has 8 heteroatoms. The molecule has 5 nitrogen and oxygen atoms in total. The highest BCUT2D eigenvalue weighted by Crippen LogP contribution is 2.49. The smallest absolute Gasteiger partial charge is 0.252 e. The van der Waals surface area contributed by atoms with Gasteiger partial charge >= 0.3 is 0 Å². The van der Waals surface area contributed by atoms with E-state index in [1.54, 1.807) is 0 Å². The molecule has 0 N–H and O–H groups in total. The van der Waals surface area contributed by atoms with E-state index in [1.807, 2.05) is 0 Å². The number of anilines is 12. The van der Waals surface area contributed by atoms with Crippen LogP contribution in [-0.4, -0.2) is 27.4 Å². The summed E-state index contributed by atoms with van der Waals surface area (Å²) in [4.78, 5) is 10.2. The Morgan fingerprint density at radius 2 is 0.473 bits per heavy atom. The van der Waals surface area contributed by atoms with Gasteiger partial charge in [-0.2, -0.15) is 0 Å². The Hall–Kier alpha value is -13.8. The fourth-order valence-electron chi connectivity index (χ4n) is 18.2. The van der Waals surface area contributed by atoms with Gasteiger partial charge in [-0.1, -0.05) is 328 Å². The van der Waals surface area contributed by atoms with Crippen LogP contribution in [0.3, 0.4) is 0 Å². The number of nitrogens with zero attached hydrogens (tertiary/aromatic N) is 5. The molecule has 0 fully saturated rings. The van der Waals surface area contributed by atoms with E-state index >= 15 is 0 Å². The SMILES string of the molecule is c1ccc(N(c2ccccc2)c2ccc3c(c2)N(c2cccc([Si](c4ccccc4)(c4ccccc4)c4ccccc4)c2)c2cc(-n4c5ccccc5c5ccccc54)cc4c2B3c2ccc(N(c3ccccc3)c3ccccc3)cc2N4c2cccc([Si](c3ccccc3)(c3ccccc3)c3ccccc3)c2)cc1. The predicted molar refractivity (Wildman–Crippen MR) is 471 cm³/mol. The fraction of sp³-hybridized carbons (Fsp3) is 0. The Labute approximate surface area is 645 Å². The highest BCUT2D eigenvalue weighted by molar-refractivity contribution is 7.20. The minimum Gasteiger partial charge on any atom is -0.311 e. The zero-order valence-electron chi connectivity index (χ0n) is 60.5. The molecule has 20 rings (SSSR count). The van der Waals surface area contributed by atoms with Gasteiger partial charge in [-0.3, -0.25) is 0 Å². The molecule has 0 aliphatic carbocycles. The summed E-state index contributed by atoms with van der Waals surface area (Å²) in [5, 5.41) is 12.8. The van der Waals surface area contributed by atoms with Crippen LogP contribution in [0.25, 0.3) is 27.5 Å². The minimum absolute atomic E-state index is 0.277. The van der Waals surface area contributed by atoms with Crippen LogP contribution < -0.4 is 77.5 Å². The van der Waals surface area contributed by atoms with Crippen molar-refractivity contribution >= 4 is 171 Å². The first kappa shape index (κ1) is 65.7. The minimum atomic E-state index is -3.14. The van der Waals surface area contributed by atoms with Crippen molar-refractivity contribution in [3.8, 4) is 5.69 Å². The van der Waals surface area contributed by atoms with E-state index in [2.05, 4.69) is 473 Å². The molecule has 0 atom stereocenters. The third-order valence-electron chi connectivity index (χ3n) is 22.8. The molecule has 0 saturated carbocycles. The summed E-state index contributed by atoms with van der Waals surface area (Å²) in [5.74, 6) is 0. The number of para-hydroxylation sites is 6. The van der Waals surface area contributed by atoms with Crippen molar-refractivity contribution in [3.63, 3.8) is 0 Å². The van der Waals surface area contributed by atoms with Crippen LogP contribution in [0.5, 0.6) is 0 Å². The predicted octanol–water partition coefficient (Wildman–Crippen LogP) is 18.6. The van der Waals surface area contributed by atoms with Crippen LogP contribution in [0, 0.1) is 0 Å². The Bertz CT molecular complexity index is 5710. The average Bonchev–Trinajstić information content (AvgIpc) is 0.853. The maximum Gasteiger partial charge on any atom is 0.252 e. The summed E-state index contributed by atoms with van der Waals surface area (Å²) < 4.78 is 2.53. The van der Waals surface area contributed by atoms with E-state index in [-0.39, 0.29) is 6.71 Å². The molecule has 0 spiro atoms. The van der Waals surface area contributed by atoms with E-state index < -0.39 is 16.1 Å². The summed E-state index contributed by atoms with van der Waals surface area (Å²) in [6.07, 6.45) is 0. The van der Waals surface area contributed by atoms with Gasteiger partial charge in [-0.25, -0.2) is 0 Å². The summed E-state index contributed by atoms with van der Waals surface area (Å²) >= 11 is 0. The lowest BCUT2D eigenvalue weighted by molar-refractivity contribution is 1.16. The largest absolute Gasteiger partial charge is 0.311 e. The Morgan fingerprint density at radius 1 is 0.200 bits per heavy atom. The maximum atomic E-state index is 2.65. The lowest BCUT2D eigenvalue weighted by atomic mass is 9.33. The summed E-state index contributed by atoms with van der Waals surface area (Å²) in [5.41, 5.74) is 19.8. The van der Waals surface area contributed by atoms with Gasteiger partial charge in [0.25, 0.3) is 6.71 Å². The first-order valence-electron chi connectivity index (χ1n) is 38.0. The molecule has 2 aliphatic heterocycles. The molecule has 17 aromatic carbocycles. The number of fused-ring (bicyclic) bond motifs is 7. The van der Waals surface area contributed by atoms with Gasteiger partial charge in [0.2, 0.25) is 0 Å². The van der Waals surface area contributed by atoms with Crippen LogP contribution in [0.2, 0.25) is 0 Å². The number of hydrogen-bond acceptors (Lipinski definition) is 4. The van der Waals surface area contributed by atoms with E-state index in [0.717, 1.165) is 85.0 Å². The molecule has 1 aromatic heterocycles. The number of rotatable bonds is 17. The highest BCUT2D eigenvalue weighted by atomic mass is 28.3. The monoisotopic (exact) mass is 1440 g/mol. The molecular weight excluding hydrogens is 1360 g/mol. The van der Waals surface area contributed by atoms with Crippen molar-refractivity contribution in [2.24, 2.45) is 0 Å². The molecular formula is C102H74BN5Si2. The zero-order valence-corrected chi connectivity index (χ0v) is 62.5. The summed E-state index contributed by atoms with van der Waals surface area (Å²) in [6.45, 7) is -0.277. The second-order valence-electron chi connectivity index (χ2n) is 28.7. The maximum absolute atomic E-state index is 3.14. The first-order chi connectivity index (χ1) is 54.6. The van der Waals surface area contributed by atoms with E-state index in [4.69, 9.17) is 0 Å². The standard InChI is InChI=1S/C102H74BN5Si2/c1-11-37-75(38-12-1)104(76-39-13-2-14-40-76)81-65-67-94-98(71-81)106(79-45-35-59-90(69-79)109(84-47-19-5-20-48-84,85-49-21-6-22-50-85)86-51-23-7-24-52-86)100-73-83(108-96-63-33-31-61-92(96)93-62-32-34-64-97(93)108)74-101-102(100)103(94)95-68-66-82(105(77-41-15-3-16-42-77)78-43-17-4-18-44-78)72-99(95)107(101)80-46-36-60-91(70-80)110(87-53-25-8-26-54-87,88-55-27-9-28-56-88)89-57-29-10-30-58-89/h1-74H. The van der Waals surface area contributed by atoms with Crippen LogP contribution in [0.15, 0.2) is 449 Å². The van der Waals surface area contributed by atoms with Crippen molar-refractivity contribution in [2.45, 2.75) is 0 Å². The fourth-order valence-corrected chi connectivity index (χ4v) is 27.8. The van der Waals surface area contributed by atoms with Gasteiger partial charge in [0, 0.05) is 79.0 Å². The second-order valence-corrected chi connectivity index (χ2v) is 36.3. The van der Waals surface area contributed by atoms with Crippen LogP contribution >= 0.6 is 0 Å². The van der Waals surface area contributed by atoms with Gasteiger partial charge < -0.3 is 24.2 Å². The van der Waals surface area contributed by atoms with Crippen molar-refractivity contribution in [2.75, 3.05) is 19.6 Å². The Balaban J connectivity index is 0.935. The van der Waals surface area contributed by atoms with Crippen LogP contribution in [0.4, 0.5) is 68.2 Å². The lowest BCUT2D eigenvalue weighted by Crippen LogP contribution is -2.74. The average molecular weight is 1440 g/mol. The first-order valence-corrected chi connectivity index (χ1v) is 42.0. The van der Waals surface area contributed by atoms with Crippen molar-refractivity contribution in [1.82, 2.24) is 4.57 Å². The zero-order chi connectivity index (χ0) is 73.0. The van der Waals surface area contributed by atoms with E-state index in [9.17, 15) is 0 Å². The third kappa shape index (κ3) is 10.9. The molecule has 0 unspecified atom stereocenters. The third-order valence-corrected chi connectivity index (χ3v) is 32.3. The summed E-state index contributed by atoms with van der Waals surface area (Å²) in [7, 11) is -6.28. The molecule has 18 aromatic rings. The molecule has 0 bridgehead atoms. The van der Waals surface area contributed by atoms with Gasteiger partial charge in [-0.05, 0) is 179 Å². The van der Waals surface area contributed by atoms with E-state index in [0.29, 0.717) is 0 Å². The molecule has 518 valence electrons. The topological polar surface area (TPSA) is 17.9 Å². The molecule has 0 amide bonds. The molecule has 0 radical (unpaired) electrons. The number of benzene rings is 17. The van der Waals surface area contributed by atoms with Gasteiger partial charge in [0.05, 0.1) is 16.7 Å². The quantitative estimate of drug-likeness (QED) is 0.0668. The molecule has 0 saturated heterocycles. The van der Waals surface area contributed by atoms with Crippen molar-refractivity contribution in [1.29, 1.82) is 0 Å². The Kier molecular flexibility index (Phi) is 16.6. The van der Waals surface area contributed by atoms with Crippen LogP contribution in [-0.2, 0) is 0 Å². The molecule has 2 aliphatic rings. The van der Waals surface area contributed by atoms with Crippen molar-refractivity contribution in [3.05, 3.63) is 449 Å². The van der Waals surface area contributed by atoms with Crippen LogP contribution in [0.1, 0.15) is 0 Å². The highest BCUT2D eigenvalue weighted by Gasteiger charge is 2.48. The van der Waals surface area contributed by atoms with E-state index in [1.165, 1.54) is 68.7 Å².